The highest BCUT2D eigenvalue weighted by Gasteiger charge is 2.01. The molecular weight excluding hydrogens is 162 g/mol. The van der Waals surface area contributed by atoms with Crippen molar-refractivity contribution >= 4 is 0 Å². The average molecular weight is 179 g/mol. The van der Waals surface area contributed by atoms with Gasteiger partial charge in [-0.05, 0) is 33.3 Å². The molecule has 1 aromatic rings. The smallest absolute Gasteiger partial charge is 0.128 e. The normalized spacial score (nSPS) is 12.9. The van der Waals surface area contributed by atoms with Crippen LogP contribution in [0.25, 0.3) is 0 Å². The van der Waals surface area contributed by atoms with Crippen LogP contribution in [0.15, 0.2) is 6.07 Å². The molecule has 0 radical (unpaired) electrons. The molecule has 1 aromatic heterocycles. The van der Waals surface area contributed by atoms with Crippen molar-refractivity contribution in [1.82, 2.24) is 9.97 Å². The largest absolute Gasteiger partial charge is 0.328 e. The molecule has 72 valence electrons. The van der Waals surface area contributed by atoms with Crippen LogP contribution in [0.4, 0.5) is 0 Å². The van der Waals surface area contributed by atoms with Gasteiger partial charge in [0.25, 0.3) is 0 Å². The lowest BCUT2D eigenvalue weighted by atomic mass is 10.2. The molecule has 1 rings (SSSR count). The standard InChI is InChI=1S/C10H17N3/c1-7(11)4-5-10-12-8(2)6-9(3)13-10/h6-7H,4-5,11H2,1-3H3. The van der Waals surface area contributed by atoms with Gasteiger partial charge in [-0.3, -0.25) is 0 Å². The maximum absolute atomic E-state index is 5.66. The van der Waals surface area contributed by atoms with Crippen molar-refractivity contribution in [2.24, 2.45) is 5.73 Å². The van der Waals surface area contributed by atoms with Crippen molar-refractivity contribution in [3.63, 3.8) is 0 Å². The third-order valence-electron chi connectivity index (χ3n) is 1.85. The summed E-state index contributed by atoms with van der Waals surface area (Å²) < 4.78 is 0. The van der Waals surface area contributed by atoms with Crippen LogP contribution < -0.4 is 5.73 Å². The number of hydrogen-bond donors (Lipinski definition) is 1. The first-order chi connectivity index (χ1) is 6.08. The van der Waals surface area contributed by atoms with E-state index in [9.17, 15) is 0 Å². The van der Waals surface area contributed by atoms with Gasteiger partial charge in [0.2, 0.25) is 0 Å². The van der Waals surface area contributed by atoms with Crippen LogP contribution in [-0.4, -0.2) is 16.0 Å². The molecule has 0 aliphatic heterocycles. The Morgan fingerprint density at radius 1 is 1.31 bits per heavy atom. The fourth-order valence-electron chi connectivity index (χ4n) is 1.27. The number of aryl methyl sites for hydroxylation is 3. The SMILES string of the molecule is Cc1cc(C)nc(CCC(C)N)n1. The molecular formula is C10H17N3. The third kappa shape index (κ3) is 3.51. The fourth-order valence-corrected chi connectivity index (χ4v) is 1.27. The van der Waals surface area contributed by atoms with Gasteiger partial charge in [-0.2, -0.15) is 0 Å². The molecule has 0 fully saturated rings. The molecule has 1 atom stereocenters. The molecule has 0 aromatic carbocycles. The Morgan fingerprint density at radius 2 is 1.85 bits per heavy atom. The molecule has 3 nitrogen and oxygen atoms in total. The van der Waals surface area contributed by atoms with Crippen LogP contribution in [-0.2, 0) is 6.42 Å². The highest BCUT2D eigenvalue weighted by molar-refractivity contribution is 5.08. The van der Waals surface area contributed by atoms with Gasteiger partial charge in [0, 0.05) is 23.9 Å². The summed E-state index contributed by atoms with van der Waals surface area (Å²) in [6.07, 6.45) is 1.82. The lowest BCUT2D eigenvalue weighted by Gasteiger charge is -2.05. The first kappa shape index (κ1) is 10.1. The second-order valence-electron chi connectivity index (χ2n) is 3.58. The molecule has 2 N–H and O–H groups in total. The number of rotatable bonds is 3. The van der Waals surface area contributed by atoms with E-state index in [0.717, 1.165) is 30.1 Å². The van der Waals surface area contributed by atoms with Crippen molar-refractivity contribution in [2.75, 3.05) is 0 Å². The highest BCUT2D eigenvalue weighted by Crippen LogP contribution is 2.02. The number of nitrogens with zero attached hydrogens (tertiary/aromatic N) is 2. The Bertz CT molecular complexity index is 261. The fraction of sp³-hybridized carbons (Fsp3) is 0.600. The van der Waals surface area contributed by atoms with Gasteiger partial charge in [0.15, 0.2) is 0 Å². The summed E-state index contributed by atoms with van der Waals surface area (Å²) in [5.74, 6) is 0.912. The topological polar surface area (TPSA) is 51.8 Å². The van der Waals surface area contributed by atoms with Crippen molar-refractivity contribution in [2.45, 2.75) is 39.7 Å². The molecule has 0 saturated heterocycles. The van der Waals surface area contributed by atoms with Gasteiger partial charge in [-0.25, -0.2) is 9.97 Å². The minimum Gasteiger partial charge on any atom is -0.328 e. The van der Waals surface area contributed by atoms with Crippen LogP contribution in [0.3, 0.4) is 0 Å². The molecule has 0 amide bonds. The van der Waals surface area contributed by atoms with Gasteiger partial charge in [-0.1, -0.05) is 0 Å². The van der Waals surface area contributed by atoms with Crippen molar-refractivity contribution in [3.8, 4) is 0 Å². The van der Waals surface area contributed by atoms with E-state index < -0.39 is 0 Å². The summed E-state index contributed by atoms with van der Waals surface area (Å²) >= 11 is 0. The first-order valence-corrected chi connectivity index (χ1v) is 4.64. The third-order valence-corrected chi connectivity index (χ3v) is 1.85. The second-order valence-corrected chi connectivity index (χ2v) is 3.58. The Kier molecular flexibility index (Phi) is 3.37. The predicted octanol–water partition coefficient (Wildman–Crippen LogP) is 1.37. The summed E-state index contributed by atoms with van der Waals surface area (Å²) in [6.45, 7) is 5.98. The van der Waals surface area contributed by atoms with Crippen LogP contribution in [0, 0.1) is 13.8 Å². The van der Waals surface area contributed by atoms with E-state index in [2.05, 4.69) is 9.97 Å². The van der Waals surface area contributed by atoms with Gasteiger partial charge in [0.05, 0.1) is 0 Å². The zero-order chi connectivity index (χ0) is 9.84. The maximum Gasteiger partial charge on any atom is 0.128 e. The molecule has 13 heavy (non-hydrogen) atoms. The molecule has 1 heterocycles. The zero-order valence-electron chi connectivity index (χ0n) is 8.54. The molecule has 3 heteroatoms. The van der Waals surface area contributed by atoms with E-state index in [-0.39, 0.29) is 6.04 Å². The Balaban J connectivity index is 2.66. The van der Waals surface area contributed by atoms with Crippen LogP contribution in [0.2, 0.25) is 0 Å². The van der Waals surface area contributed by atoms with Crippen molar-refractivity contribution < 1.29 is 0 Å². The van der Waals surface area contributed by atoms with E-state index in [4.69, 9.17) is 5.73 Å². The molecule has 0 spiro atoms. The predicted molar refractivity (Wildman–Crippen MR) is 53.5 cm³/mol. The number of aromatic nitrogens is 2. The highest BCUT2D eigenvalue weighted by atomic mass is 14.9. The van der Waals surface area contributed by atoms with E-state index >= 15 is 0 Å². The summed E-state index contributed by atoms with van der Waals surface area (Å²) in [7, 11) is 0. The van der Waals surface area contributed by atoms with Crippen molar-refractivity contribution in [3.05, 3.63) is 23.3 Å². The lowest BCUT2D eigenvalue weighted by Crippen LogP contribution is -2.16. The summed E-state index contributed by atoms with van der Waals surface area (Å²) in [5.41, 5.74) is 7.73. The molecule has 0 bridgehead atoms. The molecule has 0 saturated carbocycles. The maximum atomic E-state index is 5.66. The lowest BCUT2D eigenvalue weighted by molar-refractivity contribution is 0.645. The Hall–Kier alpha value is -0.960. The van der Waals surface area contributed by atoms with E-state index in [0.29, 0.717) is 0 Å². The number of hydrogen-bond acceptors (Lipinski definition) is 3. The monoisotopic (exact) mass is 179 g/mol. The summed E-state index contributed by atoms with van der Waals surface area (Å²) in [4.78, 5) is 8.68. The van der Waals surface area contributed by atoms with Crippen LogP contribution >= 0.6 is 0 Å². The van der Waals surface area contributed by atoms with Gasteiger partial charge >= 0.3 is 0 Å². The van der Waals surface area contributed by atoms with E-state index in [1.54, 1.807) is 0 Å². The van der Waals surface area contributed by atoms with E-state index in [1.165, 1.54) is 0 Å². The van der Waals surface area contributed by atoms with Crippen LogP contribution in [0.5, 0.6) is 0 Å². The molecule has 0 aliphatic rings. The minimum absolute atomic E-state index is 0.226. The second kappa shape index (κ2) is 4.33. The van der Waals surface area contributed by atoms with Crippen molar-refractivity contribution in [1.29, 1.82) is 0 Å². The summed E-state index contributed by atoms with van der Waals surface area (Å²) in [5, 5.41) is 0. The summed E-state index contributed by atoms with van der Waals surface area (Å²) in [6, 6.07) is 2.21. The molecule has 1 unspecified atom stereocenters. The average Bonchev–Trinajstić information content (AvgIpc) is 1.99. The van der Waals surface area contributed by atoms with Crippen LogP contribution in [0.1, 0.15) is 30.6 Å². The van der Waals surface area contributed by atoms with Gasteiger partial charge < -0.3 is 5.73 Å². The molecule has 0 aliphatic carbocycles. The van der Waals surface area contributed by atoms with E-state index in [1.807, 2.05) is 26.8 Å². The van der Waals surface area contributed by atoms with Gasteiger partial charge in [0.1, 0.15) is 5.82 Å². The minimum atomic E-state index is 0.226. The zero-order valence-corrected chi connectivity index (χ0v) is 8.54. The first-order valence-electron chi connectivity index (χ1n) is 4.64. The Labute approximate surface area is 79.4 Å². The quantitative estimate of drug-likeness (QED) is 0.762. The Morgan fingerprint density at radius 3 is 2.31 bits per heavy atom. The van der Waals surface area contributed by atoms with Gasteiger partial charge in [-0.15, -0.1) is 0 Å². The number of nitrogens with two attached hydrogens (primary N) is 1.